The van der Waals surface area contributed by atoms with Gasteiger partial charge in [-0.25, -0.2) is 9.97 Å². The van der Waals surface area contributed by atoms with Gasteiger partial charge in [-0.15, -0.1) is 11.3 Å². The van der Waals surface area contributed by atoms with Crippen molar-refractivity contribution in [3.63, 3.8) is 0 Å². The van der Waals surface area contributed by atoms with E-state index in [4.69, 9.17) is 21.3 Å². The first-order valence-corrected chi connectivity index (χ1v) is 11.9. The van der Waals surface area contributed by atoms with Crippen molar-refractivity contribution < 1.29 is 9.53 Å². The van der Waals surface area contributed by atoms with E-state index < -0.39 is 5.41 Å². The summed E-state index contributed by atoms with van der Waals surface area (Å²) in [6, 6.07) is 12.8. The van der Waals surface area contributed by atoms with Crippen LogP contribution in [0.1, 0.15) is 42.8 Å². The minimum absolute atomic E-state index is 0.0329. The summed E-state index contributed by atoms with van der Waals surface area (Å²) >= 11 is 7.61. The fraction of sp³-hybridized carbons (Fsp3) is 0.333. The number of ether oxygens (including phenoxy) is 1. The number of nitrogens with zero attached hydrogens (tertiary/aromatic N) is 3. The average Bonchev–Trinajstić information content (AvgIpc) is 3.20. The van der Waals surface area contributed by atoms with Crippen molar-refractivity contribution in [2.45, 2.75) is 45.1 Å². The Morgan fingerprint density at radius 1 is 1.12 bits per heavy atom. The van der Waals surface area contributed by atoms with E-state index in [9.17, 15) is 9.59 Å². The number of para-hydroxylation sites is 1. The van der Waals surface area contributed by atoms with Crippen LogP contribution in [0.3, 0.4) is 0 Å². The fourth-order valence-corrected chi connectivity index (χ4v) is 5.73. The number of aromatic nitrogens is 3. The summed E-state index contributed by atoms with van der Waals surface area (Å²) in [4.78, 5) is 34.9. The van der Waals surface area contributed by atoms with Crippen LogP contribution in [-0.4, -0.2) is 20.3 Å². The number of thiazole rings is 1. The molecule has 164 valence electrons. The minimum atomic E-state index is -0.578. The highest BCUT2D eigenvalue weighted by Gasteiger charge is 2.42. The molecule has 0 radical (unpaired) electrons. The molecule has 1 aliphatic rings. The van der Waals surface area contributed by atoms with Crippen molar-refractivity contribution in [2.75, 3.05) is 0 Å². The zero-order chi connectivity index (χ0) is 22.1. The molecule has 1 aliphatic carbocycles. The molecule has 1 fully saturated rings. The van der Waals surface area contributed by atoms with Crippen LogP contribution < -0.4 is 5.56 Å². The van der Waals surface area contributed by atoms with Gasteiger partial charge in [0.15, 0.2) is 0 Å². The molecule has 1 aromatic carbocycles. The van der Waals surface area contributed by atoms with Crippen molar-refractivity contribution in [3.05, 3.63) is 74.7 Å². The standard InChI is InChI=1S/C24H22ClN3O3S/c25-16-8-9-20-26-17(12-22(29)28(20)14-16)15-31-23(30)24(10-4-1-5-11-24)13-21-27-18-6-2-3-7-19(18)32-21/h2-3,6-9,12,14H,1,4-5,10-11,13,15H2. The number of carbonyl (C=O) groups excluding carboxylic acids is 1. The number of hydrogen-bond donors (Lipinski definition) is 0. The second-order valence-corrected chi connectivity index (χ2v) is 9.88. The van der Waals surface area contributed by atoms with Gasteiger partial charge < -0.3 is 4.74 Å². The SMILES string of the molecule is O=C(OCc1cc(=O)n2cc(Cl)ccc2n1)C1(Cc2nc3ccccc3s2)CCCCC1. The normalized spacial score (nSPS) is 15.8. The van der Waals surface area contributed by atoms with Crippen LogP contribution in [0.15, 0.2) is 53.5 Å². The van der Waals surface area contributed by atoms with Crippen molar-refractivity contribution in [1.29, 1.82) is 0 Å². The van der Waals surface area contributed by atoms with Crippen molar-refractivity contribution in [2.24, 2.45) is 5.41 Å². The second kappa shape index (κ2) is 8.64. The smallest absolute Gasteiger partial charge is 0.312 e. The molecular formula is C24H22ClN3O3S. The monoisotopic (exact) mass is 467 g/mol. The van der Waals surface area contributed by atoms with E-state index in [1.165, 1.54) is 16.7 Å². The molecular weight excluding hydrogens is 446 g/mol. The van der Waals surface area contributed by atoms with Gasteiger partial charge in [0.1, 0.15) is 12.3 Å². The third-order valence-corrected chi connectivity index (χ3v) is 7.36. The predicted octanol–water partition coefficient (Wildman–Crippen LogP) is 5.19. The van der Waals surface area contributed by atoms with Gasteiger partial charge in [-0.3, -0.25) is 14.0 Å². The Balaban J connectivity index is 1.37. The van der Waals surface area contributed by atoms with Crippen LogP contribution in [0.4, 0.5) is 0 Å². The van der Waals surface area contributed by atoms with Gasteiger partial charge in [0, 0.05) is 18.7 Å². The van der Waals surface area contributed by atoms with Gasteiger partial charge in [0.25, 0.3) is 5.56 Å². The Bertz CT molecular complexity index is 1320. The summed E-state index contributed by atoms with van der Waals surface area (Å²) in [5.41, 5.74) is 1.02. The fourth-order valence-electron chi connectivity index (χ4n) is 4.46. The number of pyridine rings is 1. The van der Waals surface area contributed by atoms with E-state index in [1.807, 2.05) is 18.2 Å². The quantitative estimate of drug-likeness (QED) is 0.377. The molecule has 4 aromatic rings. The maximum atomic E-state index is 13.3. The highest BCUT2D eigenvalue weighted by Crippen LogP contribution is 2.41. The lowest BCUT2D eigenvalue weighted by Gasteiger charge is -2.34. The summed E-state index contributed by atoms with van der Waals surface area (Å²) in [6.07, 6.45) is 6.80. The molecule has 0 aliphatic heterocycles. The highest BCUT2D eigenvalue weighted by molar-refractivity contribution is 7.18. The first-order chi connectivity index (χ1) is 15.5. The average molecular weight is 468 g/mol. The van der Waals surface area contributed by atoms with Gasteiger partial charge in [-0.2, -0.15) is 0 Å². The largest absolute Gasteiger partial charge is 0.459 e. The van der Waals surface area contributed by atoms with Crippen LogP contribution in [0, 0.1) is 5.41 Å². The molecule has 3 heterocycles. The molecule has 0 amide bonds. The van der Waals surface area contributed by atoms with E-state index in [1.54, 1.807) is 23.5 Å². The van der Waals surface area contributed by atoms with Crippen LogP contribution in [0.2, 0.25) is 5.02 Å². The summed E-state index contributed by atoms with van der Waals surface area (Å²) in [5, 5.41) is 1.42. The van der Waals surface area contributed by atoms with E-state index in [0.29, 0.717) is 22.8 Å². The van der Waals surface area contributed by atoms with E-state index in [0.717, 1.165) is 47.3 Å². The maximum absolute atomic E-state index is 13.3. The first-order valence-electron chi connectivity index (χ1n) is 10.7. The molecule has 0 bridgehead atoms. The number of benzene rings is 1. The van der Waals surface area contributed by atoms with Gasteiger partial charge in [0.2, 0.25) is 0 Å². The van der Waals surface area contributed by atoms with Crippen LogP contribution >= 0.6 is 22.9 Å². The number of halogens is 1. The Labute approximate surface area is 193 Å². The Morgan fingerprint density at radius 2 is 1.94 bits per heavy atom. The molecule has 0 atom stereocenters. The summed E-state index contributed by atoms with van der Waals surface area (Å²) in [7, 11) is 0. The lowest BCUT2D eigenvalue weighted by molar-refractivity contribution is -0.159. The zero-order valence-corrected chi connectivity index (χ0v) is 19.0. The van der Waals surface area contributed by atoms with Crippen LogP contribution in [0.25, 0.3) is 15.9 Å². The second-order valence-electron chi connectivity index (χ2n) is 8.33. The topological polar surface area (TPSA) is 73.6 Å². The predicted molar refractivity (Wildman–Crippen MR) is 125 cm³/mol. The number of carbonyl (C=O) groups is 1. The molecule has 0 saturated heterocycles. The van der Waals surface area contributed by atoms with Crippen molar-refractivity contribution in [3.8, 4) is 0 Å². The van der Waals surface area contributed by atoms with Gasteiger partial charge in [-0.1, -0.05) is 43.0 Å². The van der Waals surface area contributed by atoms with E-state index in [2.05, 4.69) is 11.1 Å². The molecule has 0 N–H and O–H groups in total. The third-order valence-electron chi connectivity index (χ3n) is 6.10. The molecule has 3 aromatic heterocycles. The number of rotatable bonds is 5. The van der Waals surface area contributed by atoms with Crippen molar-refractivity contribution >= 4 is 44.8 Å². The number of fused-ring (bicyclic) bond motifs is 2. The van der Waals surface area contributed by atoms with Crippen molar-refractivity contribution in [1.82, 2.24) is 14.4 Å². The summed E-state index contributed by atoms with van der Waals surface area (Å²) in [5.74, 6) is -0.227. The summed E-state index contributed by atoms with van der Waals surface area (Å²) < 4.78 is 8.25. The lowest BCUT2D eigenvalue weighted by Crippen LogP contribution is -2.37. The molecule has 0 spiro atoms. The van der Waals surface area contributed by atoms with Gasteiger partial charge in [-0.05, 0) is 37.1 Å². The molecule has 0 unspecified atom stereocenters. The lowest BCUT2D eigenvalue weighted by atomic mass is 9.72. The number of hydrogen-bond acceptors (Lipinski definition) is 6. The summed E-state index contributed by atoms with van der Waals surface area (Å²) in [6.45, 7) is -0.0329. The molecule has 32 heavy (non-hydrogen) atoms. The van der Waals surface area contributed by atoms with Crippen LogP contribution in [0.5, 0.6) is 0 Å². The molecule has 8 heteroatoms. The Kier molecular flexibility index (Phi) is 5.69. The minimum Gasteiger partial charge on any atom is -0.459 e. The van der Waals surface area contributed by atoms with E-state index in [-0.39, 0.29) is 18.1 Å². The molecule has 6 nitrogen and oxygen atoms in total. The number of esters is 1. The first kappa shape index (κ1) is 21.1. The maximum Gasteiger partial charge on any atom is 0.312 e. The highest BCUT2D eigenvalue weighted by atomic mass is 35.5. The Morgan fingerprint density at radius 3 is 2.75 bits per heavy atom. The van der Waals surface area contributed by atoms with Gasteiger partial charge >= 0.3 is 5.97 Å². The molecule has 1 saturated carbocycles. The van der Waals surface area contributed by atoms with Gasteiger partial charge in [0.05, 0.1) is 31.4 Å². The molecule has 5 rings (SSSR count). The zero-order valence-electron chi connectivity index (χ0n) is 17.4. The Hall–Kier alpha value is -2.77. The van der Waals surface area contributed by atoms with E-state index >= 15 is 0 Å². The third kappa shape index (κ3) is 4.14. The van der Waals surface area contributed by atoms with Crippen LogP contribution in [-0.2, 0) is 22.6 Å².